The van der Waals surface area contributed by atoms with Gasteiger partial charge in [0.25, 0.3) is 0 Å². The number of methoxy groups -OCH3 is 3. The molecular formula is C31H30N2O7. The number of nitrogens with one attached hydrogen (secondary N) is 2. The second-order valence-corrected chi connectivity index (χ2v) is 9.32. The van der Waals surface area contributed by atoms with E-state index in [0.717, 1.165) is 16.5 Å². The van der Waals surface area contributed by atoms with Crippen LogP contribution in [0, 0.1) is 0 Å². The average Bonchev–Trinajstić information content (AvgIpc) is 3.38. The highest BCUT2D eigenvalue weighted by atomic mass is 16.5. The smallest absolute Gasteiger partial charge is 0.343 e. The second kappa shape index (κ2) is 11.4. The molecule has 0 saturated heterocycles. The van der Waals surface area contributed by atoms with Crippen LogP contribution in [0.3, 0.4) is 0 Å². The number of rotatable bonds is 10. The van der Waals surface area contributed by atoms with Crippen LogP contribution >= 0.6 is 0 Å². The van der Waals surface area contributed by atoms with Gasteiger partial charge in [-0.1, -0.05) is 30.3 Å². The lowest BCUT2D eigenvalue weighted by Gasteiger charge is -2.21. The van der Waals surface area contributed by atoms with Gasteiger partial charge in [0.2, 0.25) is 11.7 Å². The molecule has 5 aromatic rings. The zero-order chi connectivity index (χ0) is 28.2. The Labute approximate surface area is 230 Å². The van der Waals surface area contributed by atoms with Crippen molar-refractivity contribution in [3.63, 3.8) is 0 Å². The molecule has 40 heavy (non-hydrogen) atoms. The lowest BCUT2D eigenvalue weighted by Crippen LogP contribution is -2.28. The van der Waals surface area contributed by atoms with Crippen LogP contribution in [0.2, 0.25) is 0 Å². The van der Waals surface area contributed by atoms with E-state index >= 15 is 0 Å². The van der Waals surface area contributed by atoms with Crippen LogP contribution in [0.15, 0.2) is 76.1 Å². The first kappa shape index (κ1) is 26.7. The summed E-state index contributed by atoms with van der Waals surface area (Å²) in [5.41, 5.74) is 2.12. The first-order chi connectivity index (χ1) is 19.4. The molecule has 0 aliphatic rings. The van der Waals surface area contributed by atoms with Crippen molar-refractivity contribution in [2.45, 2.75) is 18.8 Å². The molecule has 1 amide bonds. The van der Waals surface area contributed by atoms with Crippen LogP contribution in [-0.4, -0.2) is 43.9 Å². The highest BCUT2D eigenvalue weighted by Gasteiger charge is 2.29. The number of carbonyl (C=O) groups excluding carboxylic acids is 1. The zero-order valence-corrected chi connectivity index (χ0v) is 22.4. The first-order valence-corrected chi connectivity index (χ1v) is 12.8. The maximum absolute atomic E-state index is 13.3. The van der Waals surface area contributed by atoms with E-state index in [-0.39, 0.29) is 29.2 Å². The van der Waals surface area contributed by atoms with Gasteiger partial charge >= 0.3 is 5.63 Å². The number of carbonyl (C=O) groups is 1. The summed E-state index contributed by atoms with van der Waals surface area (Å²) in [6.45, 7) is 0.390. The van der Waals surface area contributed by atoms with Crippen molar-refractivity contribution >= 4 is 27.8 Å². The minimum Gasteiger partial charge on any atom is -0.507 e. The monoisotopic (exact) mass is 542 g/mol. The molecule has 9 nitrogen and oxygen atoms in total. The van der Waals surface area contributed by atoms with E-state index in [2.05, 4.69) is 10.3 Å². The molecule has 3 aromatic carbocycles. The first-order valence-electron chi connectivity index (χ1n) is 12.8. The number of aromatic nitrogens is 1. The Balaban J connectivity index is 1.49. The van der Waals surface area contributed by atoms with Gasteiger partial charge < -0.3 is 34.0 Å². The van der Waals surface area contributed by atoms with Crippen molar-refractivity contribution in [1.82, 2.24) is 10.3 Å². The normalized spacial score (nSPS) is 11.9. The third-order valence-corrected chi connectivity index (χ3v) is 7.04. The van der Waals surface area contributed by atoms with Crippen LogP contribution in [0.5, 0.6) is 23.0 Å². The zero-order valence-electron chi connectivity index (χ0n) is 22.4. The van der Waals surface area contributed by atoms with Gasteiger partial charge in [0.15, 0.2) is 11.5 Å². The molecule has 0 aliphatic carbocycles. The van der Waals surface area contributed by atoms with Crippen molar-refractivity contribution in [3.8, 4) is 23.0 Å². The molecule has 0 spiro atoms. The summed E-state index contributed by atoms with van der Waals surface area (Å²) in [7, 11) is 4.45. The van der Waals surface area contributed by atoms with Crippen molar-refractivity contribution in [2.75, 3.05) is 27.9 Å². The average molecular weight is 543 g/mol. The lowest BCUT2D eigenvalue weighted by molar-refractivity contribution is -0.121. The van der Waals surface area contributed by atoms with Gasteiger partial charge in [-0.3, -0.25) is 4.79 Å². The number of hydrogen-bond donors (Lipinski definition) is 3. The van der Waals surface area contributed by atoms with Crippen molar-refractivity contribution in [2.24, 2.45) is 0 Å². The Morgan fingerprint density at radius 3 is 2.35 bits per heavy atom. The van der Waals surface area contributed by atoms with Crippen molar-refractivity contribution < 1.29 is 28.5 Å². The number of aromatic hydroxyl groups is 1. The molecule has 0 aliphatic heterocycles. The molecule has 2 heterocycles. The summed E-state index contributed by atoms with van der Waals surface area (Å²) >= 11 is 0. The number of amides is 1. The Hall–Kier alpha value is -4.92. The van der Waals surface area contributed by atoms with E-state index in [4.69, 9.17) is 18.6 Å². The summed E-state index contributed by atoms with van der Waals surface area (Å²) in [5, 5.41) is 15.7. The quantitative estimate of drug-likeness (QED) is 0.215. The van der Waals surface area contributed by atoms with E-state index in [1.54, 1.807) is 36.4 Å². The number of para-hydroxylation sites is 2. The summed E-state index contributed by atoms with van der Waals surface area (Å²) in [6, 6.07) is 18.0. The standard InChI is InChI=1S/C31H30N2O7/c1-37-25-14-19(15-26(38-2)30(25)39-3)22(28-29(35)21-9-5-7-11-24(21)40-31(28)36)16-27(34)32-13-12-18-17-33-23-10-6-4-8-20(18)23/h4-11,14-15,17,22,33,35H,12-13,16H2,1-3H3,(H,32,34)/t22-/m0/s1. The molecule has 5 rings (SSSR count). The van der Waals surface area contributed by atoms with Crippen LogP contribution < -0.4 is 25.2 Å². The van der Waals surface area contributed by atoms with Gasteiger partial charge in [-0.05, 0) is 47.9 Å². The summed E-state index contributed by atoms with van der Waals surface area (Å²) in [6.07, 6.45) is 2.42. The minimum atomic E-state index is -0.873. The van der Waals surface area contributed by atoms with Gasteiger partial charge in [-0.2, -0.15) is 0 Å². The van der Waals surface area contributed by atoms with E-state index in [1.807, 2.05) is 30.5 Å². The van der Waals surface area contributed by atoms with E-state index in [9.17, 15) is 14.7 Å². The maximum atomic E-state index is 13.3. The van der Waals surface area contributed by atoms with Gasteiger partial charge in [0.05, 0.1) is 32.3 Å². The van der Waals surface area contributed by atoms with Crippen LogP contribution in [-0.2, 0) is 11.2 Å². The maximum Gasteiger partial charge on any atom is 0.343 e. The molecule has 0 unspecified atom stereocenters. The van der Waals surface area contributed by atoms with Gasteiger partial charge in [0, 0.05) is 36.0 Å². The highest BCUT2D eigenvalue weighted by molar-refractivity contribution is 5.86. The molecular weight excluding hydrogens is 512 g/mol. The fourth-order valence-electron chi connectivity index (χ4n) is 5.08. The van der Waals surface area contributed by atoms with E-state index in [0.29, 0.717) is 41.2 Å². The van der Waals surface area contributed by atoms with Crippen LogP contribution in [0.25, 0.3) is 21.9 Å². The Morgan fingerprint density at radius 2 is 1.65 bits per heavy atom. The van der Waals surface area contributed by atoms with Crippen LogP contribution in [0.4, 0.5) is 0 Å². The van der Waals surface area contributed by atoms with Gasteiger partial charge in [-0.25, -0.2) is 4.79 Å². The number of H-pyrrole nitrogens is 1. The lowest BCUT2D eigenvalue weighted by atomic mass is 9.87. The SMILES string of the molecule is COc1cc([C@H](CC(=O)NCCc2c[nH]c3ccccc23)c2c(O)c3ccccc3oc2=O)cc(OC)c1OC. The number of fused-ring (bicyclic) bond motifs is 2. The van der Waals surface area contributed by atoms with E-state index in [1.165, 1.54) is 21.3 Å². The molecule has 9 heteroatoms. The van der Waals surface area contributed by atoms with Crippen LogP contribution in [0.1, 0.15) is 29.0 Å². The third-order valence-electron chi connectivity index (χ3n) is 7.04. The largest absolute Gasteiger partial charge is 0.507 e. The summed E-state index contributed by atoms with van der Waals surface area (Å²) in [4.78, 5) is 29.8. The van der Waals surface area contributed by atoms with Crippen molar-refractivity contribution in [1.29, 1.82) is 0 Å². The molecule has 0 bridgehead atoms. The molecule has 0 saturated carbocycles. The number of ether oxygens (including phenoxy) is 3. The van der Waals surface area contributed by atoms with Gasteiger partial charge in [-0.15, -0.1) is 0 Å². The predicted octanol–water partition coefficient (Wildman–Crippen LogP) is 4.89. The molecule has 2 aromatic heterocycles. The fourth-order valence-corrected chi connectivity index (χ4v) is 5.08. The number of aromatic amines is 1. The molecule has 0 fully saturated rings. The summed E-state index contributed by atoms with van der Waals surface area (Å²) < 4.78 is 22.0. The molecule has 0 radical (unpaired) electrons. The molecule has 3 N–H and O–H groups in total. The van der Waals surface area contributed by atoms with Gasteiger partial charge in [0.1, 0.15) is 11.3 Å². The molecule has 206 valence electrons. The Morgan fingerprint density at radius 1 is 0.975 bits per heavy atom. The minimum absolute atomic E-state index is 0.0280. The summed E-state index contributed by atoms with van der Waals surface area (Å²) in [5.74, 6) is -0.339. The topological polar surface area (TPSA) is 123 Å². The second-order valence-electron chi connectivity index (χ2n) is 9.32. The van der Waals surface area contributed by atoms with Crippen molar-refractivity contribution in [3.05, 3.63) is 94.0 Å². The van der Waals surface area contributed by atoms with E-state index < -0.39 is 11.5 Å². The Kier molecular flexibility index (Phi) is 7.63. The fraction of sp³-hybridized carbons (Fsp3) is 0.226. The number of hydrogen-bond acceptors (Lipinski definition) is 7. The Bertz CT molecular complexity index is 1710. The third kappa shape index (κ3) is 5.05. The highest BCUT2D eigenvalue weighted by Crippen LogP contribution is 2.43. The predicted molar refractivity (Wildman–Crippen MR) is 152 cm³/mol. The molecule has 1 atom stereocenters. The number of benzene rings is 3.